The van der Waals surface area contributed by atoms with E-state index in [9.17, 15) is 9.18 Å². The largest absolute Gasteiger partial charge is 0.311 e. The Labute approximate surface area is 198 Å². The van der Waals surface area contributed by atoms with Gasteiger partial charge in [0.25, 0.3) is 5.91 Å². The molecule has 180 valence electrons. The summed E-state index contributed by atoms with van der Waals surface area (Å²) in [6.45, 7) is 11.6. The van der Waals surface area contributed by atoms with Crippen LogP contribution in [-0.4, -0.2) is 35.8 Å². The van der Waals surface area contributed by atoms with Crippen molar-refractivity contribution in [3.05, 3.63) is 65.6 Å². The molecule has 0 fully saturated rings. The zero-order chi connectivity index (χ0) is 24.2. The SMILES string of the molecule is C=C(C)CNC(C)CC(CCC/C(C)=C\c1ccc(F)cc1)C(=N)C(=O)NN1C=CCCC1. The van der Waals surface area contributed by atoms with Crippen molar-refractivity contribution in [2.75, 3.05) is 13.1 Å². The molecule has 1 aromatic carbocycles. The molecule has 1 aliphatic heterocycles. The molecule has 0 aliphatic carbocycles. The number of amides is 1. The highest BCUT2D eigenvalue weighted by molar-refractivity contribution is 6.38. The fraction of sp³-hybridized carbons (Fsp3) is 0.481. The van der Waals surface area contributed by atoms with E-state index in [0.29, 0.717) is 0 Å². The first-order chi connectivity index (χ1) is 15.7. The molecule has 5 nitrogen and oxygen atoms in total. The third-order valence-electron chi connectivity index (χ3n) is 5.75. The van der Waals surface area contributed by atoms with Gasteiger partial charge in [0.2, 0.25) is 0 Å². The molecule has 1 amide bonds. The minimum Gasteiger partial charge on any atom is -0.311 e. The molecule has 0 radical (unpaired) electrons. The Bertz CT molecular complexity index is 859. The summed E-state index contributed by atoms with van der Waals surface area (Å²) in [6, 6.07) is 6.64. The van der Waals surface area contributed by atoms with Crippen LogP contribution in [0.2, 0.25) is 0 Å². The average molecular weight is 455 g/mol. The molecule has 2 atom stereocenters. The Balaban J connectivity index is 1.96. The van der Waals surface area contributed by atoms with Gasteiger partial charge in [0.1, 0.15) is 11.5 Å². The fourth-order valence-electron chi connectivity index (χ4n) is 3.91. The van der Waals surface area contributed by atoms with Crippen molar-refractivity contribution in [2.24, 2.45) is 5.92 Å². The molecule has 1 aliphatic rings. The third-order valence-corrected chi connectivity index (χ3v) is 5.75. The lowest BCUT2D eigenvalue weighted by molar-refractivity contribution is -0.118. The van der Waals surface area contributed by atoms with Gasteiger partial charge in [0.05, 0.1) is 0 Å². The standard InChI is InChI=1S/C27H39FN4O/c1-20(2)19-30-22(4)18-24(26(29)27(33)31-32-15-6-5-7-16-32)10-8-9-21(3)17-23-11-13-25(28)14-12-23/h6,11-15,17,22,24,29-30H,1,5,7-10,16,18-19H2,2-4H3,(H,31,33)/b21-17-,29-26?. The molecular formula is C27H39FN4O. The highest BCUT2D eigenvalue weighted by atomic mass is 19.1. The second-order valence-electron chi connectivity index (χ2n) is 9.18. The topological polar surface area (TPSA) is 68.2 Å². The summed E-state index contributed by atoms with van der Waals surface area (Å²) in [6.07, 6.45) is 11.2. The van der Waals surface area contributed by atoms with Crippen molar-refractivity contribution in [2.45, 2.75) is 65.3 Å². The van der Waals surface area contributed by atoms with Crippen LogP contribution in [0.1, 0.15) is 64.9 Å². The number of carbonyl (C=O) groups is 1. The van der Waals surface area contributed by atoms with Crippen LogP contribution in [0.4, 0.5) is 4.39 Å². The van der Waals surface area contributed by atoms with E-state index in [2.05, 4.69) is 37.2 Å². The maximum Gasteiger partial charge on any atom is 0.283 e. The maximum atomic E-state index is 13.1. The highest BCUT2D eigenvalue weighted by Gasteiger charge is 2.24. The summed E-state index contributed by atoms with van der Waals surface area (Å²) in [7, 11) is 0. The Hall–Kier alpha value is -2.73. The maximum absolute atomic E-state index is 13.1. The number of allylic oxidation sites excluding steroid dienone is 2. The zero-order valence-corrected chi connectivity index (χ0v) is 20.3. The van der Waals surface area contributed by atoms with Crippen molar-refractivity contribution in [3.8, 4) is 0 Å². The third kappa shape index (κ3) is 10.2. The monoisotopic (exact) mass is 454 g/mol. The Morgan fingerprint density at radius 1 is 1.30 bits per heavy atom. The predicted octanol–water partition coefficient (Wildman–Crippen LogP) is 5.62. The van der Waals surface area contributed by atoms with Crippen LogP contribution >= 0.6 is 0 Å². The van der Waals surface area contributed by atoms with E-state index in [1.807, 2.05) is 19.2 Å². The van der Waals surface area contributed by atoms with Gasteiger partial charge in [-0.05, 0) is 77.0 Å². The number of hydrazine groups is 1. The molecule has 2 rings (SSSR count). The molecule has 6 heteroatoms. The number of nitrogens with one attached hydrogen (secondary N) is 3. The Kier molecular flexibility index (Phi) is 11.0. The second-order valence-corrected chi connectivity index (χ2v) is 9.18. The van der Waals surface area contributed by atoms with E-state index in [-0.39, 0.29) is 29.4 Å². The lowest BCUT2D eigenvalue weighted by Gasteiger charge is -2.27. The Morgan fingerprint density at radius 2 is 2.03 bits per heavy atom. The van der Waals surface area contributed by atoms with Gasteiger partial charge in [-0.1, -0.05) is 42.0 Å². The van der Waals surface area contributed by atoms with Crippen LogP contribution in [0.3, 0.4) is 0 Å². The predicted molar refractivity (Wildman–Crippen MR) is 135 cm³/mol. The van der Waals surface area contributed by atoms with E-state index >= 15 is 0 Å². The first kappa shape index (κ1) is 26.5. The van der Waals surface area contributed by atoms with Gasteiger partial charge in [0.15, 0.2) is 0 Å². The molecule has 0 spiro atoms. The smallest absolute Gasteiger partial charge is 0.283 e. The van der Waals surface area contributed by atoms with Gasteiger partial charge in [-0.2, -0.15) is 0 Å². The van der Waals surface area contributed by atoms with E-state index in [0.717, 1.165) is 62.8 Å². The average Bonchev–Trinajstić information content (AvgIpc) is 2.78. The number of halogens is 1. The molecule has 0 aromatic heterocycles. The minimum atomic E-state index is -0.322. The van der Waals surface area contributed by atoms with E-state index < -0.39 is 0 Å². The van der Waals surface area contributed by atoms with Crippen molar-refractivity contribution in [1.82, 2.24) is 15.8 Å². The van der Waals surface area contributed by atoms with Gasteiger partial charge in [-0.3, -0.25) is 20.6 Å². The molecule has 0 saturated heterocycles. The summed E-state index contributed by atoms with van der Waals surface area (Å²) >= 11 is 0. The summed E-state index contributed by atoms with van der Waals surface area (Å²) < 4.78 is 13.1. The van der Waals surface area contributed by atoms with Crippen molar-refractivity contribution in [1.29, 1.82) is 5.41 Å². The molecule has 2 unspecified atom stereocenters. The molecule has 0 bridgehead atoms. The van der Waals surface area contributed by atoms with Gasteiger partial charge in [-0.25, -0.2) is 4.39 Å². The second kappa shape index (κ2) is 13.7. The first-order valence-electron chi connectivity index (χ1n) is 11.9. The van der Waals surface area contributed by atoms with Gasteiger partial charge < -0.3 is 5.32 Å². The van der Waals surface area contributed by atoms with Crippen LogP contribution in [-0.2, 0) is 4.79 Å². The Morgan fingerprint density at radius 3 is 2.67 bits per heavy atom. The molecule has 0 saturated carbocycles. The van der Waals surface area contributed by atoms with Crippen molar-refractivity contribution in [3.63, 3.8) is 0 Å². The van der Waals surface area contributed by atoms with Gasteiger partial charge in [0, 0.05) is 31.2 Å². The summed E-state index contributed by atoms with van der Waals surface area (Å²) in [4.78, 5) is 12.8. The minimum absolute atomic E-state index is 0.134. The van der Waals surface area contributed by atoms with Gasteiger partial charge in [-0.15, -0.1) is 0 Å². The quantitative estimate of drug-likeness (QED) is 0.268. The van der Waals surface area contributed by atoms with E-state index in [1.54, 1.807) is 17.1 Å². The first-order valence-corrected chi connectivity index (χ1v) is 11.9. The number of hydrogen-bond acceptors (Lipinski definition) is 4. The van der Waals surface area contributed by atoms with Crippen LogP contribution in [0, 0.1) is 17.1 Å². The summed E-state index contributed by atoms with van der Waals surface area (Å²) in [5.41, 5.74) is 6.24. The number of carbonyl (C=O) groups excluding carboxylic acids is 1. The van der Waals surface area contributed by atoms with Crippen LogP contribution < -0.4 is 10.7 Å². The van der Waals surface area contributed by atoms with Crippen LogP contribution in [0.15, 0.2) is 54.3 Å². The molecule has 1 aromatic rings. The summed E-state index contributed by atoms with van der Waals surface area (Å²) in [5.74, 6) is -0.693. The number of hydrogen-bond donors (Lipinski definition) is 3. The number of rotatable bonds is 13. The zero-order valence-electron chi connectivity index (χ0n) is 20.3. The van der Waals surface area contributed by atoms with Crippen LogP contribution in [0.5, 0.6) is 0 Å². The van der Waals surface area contributed by atoms with Crippen LogP contribution in [0.25, 0.3) is 6.08 Å². The molecule has 3 N–H and O–H groups in total. The fourth-order valence-corrected chi connectivity index (χ4v) is 3.91. The van der Waals surface area contributed by atoms with Gasteiger partial charge >= 0.3 is 0 Å². The lowest BCUT2D eigenvalue weighted by Crippen LogP contribution is -2.45. The number of nitrogens with zero attached hydrogens (tertiary/aromatic N) is 1. The molecule has 1 heterocycles. The van der Waals surface area contributed by atoms with Crippen molar-refractivity contribution >= 4 is 17.7 Å². The molecular weight excluding hydrogens is 415 g/mol. The lowest BCUT2D eigenvalue weighted by atomic mass is 9.89. The van der Waals surface area contributed by atoms with E-state index in [1.165, 1.54) is 17.7 Å². The normalized spacial score (nSPS) is 15.8. The van der Waals surface area contributed by atoms with Crippen molar-refractivity contribution < 1.29 is 9.18 Å². The van der Waals surface area contributed by atoms with E-state index in [4.69, 9.17) is 5.41 Å². The number of benzene rings is 1. The molecule has 33 heavy (non-hydrogen) atoms. The summed E-state index contributed by atoms with van der Waals surface area (Å²) in [5, 5.41) is 13.8. The highest BCUT2D eigenvalue weighted by Crippen LogP contribution is 2.21.